The minimum absolute atomic E-state index is 0.0679. The Kier molecular flexibility index (Phi) is 9.74. The van der Waals surface area contributed by atoms with Gasteiger partial charge in [-0.15, -0.1) is 0 Å². The van der Waals surface area contributed by atoms with Gasteiger partial charge in [-0.1, -0.05) is 13.8 Å². The number of nitrogens with one attached hydrogen (secondary N) is 2. The van der Waals surface area contributed by atoms with Crippen molar-refractivity contribution in [1.29, 1.82) is 0 Å². The van der Waals surface area contributed by atoms with Crippen molar-refractivity contribution in [2.45, 2.75) is 33.2 Å². The molecule has 0 spiro atoms. The van der Waals surface area contributed by atoms with Crippen LogP contribution in [0.3, 0.4) is 0 Å². The minimum atomic E-state index is -2.92. The zero-order chi connectivity index (χ0) is 18.9. The smallest absolute Gasteiger partial charge is 0.191 e. The van der Waals surface area contributed by atoms with Crippen molar-refractivity contribution in [3.05, 3.63) is 0 Å². The number of hydrogen-bond acceptors (Lipinski definition) is 5. The van der Waals surface area contributed by atoms with E-state index in [0.29, 0.717) is 12.3 Å². The van der Waals surface area contributed by atoms with Crippen LogP contribution in [-0.2, 0) is 9.84 Å². The fourth-order valence-corrected chi connectivity index (χ4v) is 3.74. The highest BCUT2D eigenvalue weighted by Gasteiger charge is 2.17. The van der Waals surface area contributed by atoms with Crippen molar-refractivity contribution in [2.75, 3.05) is 64.9 Å². The largest absolute Gasteiger partial charge is 0.356 e. The number of piperazine rings is 1. The molecule has 8 heteroatoms. The van der Waals surface area contributed by atoms with Crippen molar-refractivity contribution in [3.63, 3.8) is 0 Å². The second-order valence-corrected chi connectivity index (χ2v) is 9.52. The highest BCUT2D eigenvalue weighted by Crippen LogP contribution is 2.05. The van der Waals surface area contributed by atoms with E-state index in [1.165, 1.54) is 6.26 Å². The number of likely N-dealkylation sites (N-methyl/N-ethyl adjacent to an activating group) is 1. The molecule has 25 heavy (non-hydrogen) atoms. The molecule has 0 saturated carbocycles. The summed E-state index contributed by atoms with van der Waals surface area (Å²) in [6.07, 6.45) is 1.85. The average molecular weight is 376 g/mol. The SMILES string of the molecule is CCN1CCN(CC(C)CNC(=NC)NC(C)CCS(C)(=O)=O)CC1. The van der Waals surface area contributed by atoms with Gasteiger partial charge in [0.2, 0.25) is 0 Å². The Morgan fingerprint density at radius 3 is 2.28 bits per heavy atom. The summed E-state index contributed by atoms with van der Waals surface area (Å²) in [5.41, 5.74) is 0. The molecule has 0 aromatic rings. The van der Waals surface area contributed by atoms with Crippen LogP contribution in [0.15, 0.2) is 4.99 Å². The third-order valence-electron chi connectivity index (χ3n) is 4.63. The number of aliphatic imine (C=N–C) groups is 1. The van der Waals surface area contributed by atoms with Crippen LogP contribution < -0.4 is 10.6 Å². The first-order valence-electron chi connectivity index (χ1n) is 9.33. The van der Waals surface area contributed by atoms with Crippen LogP contribution in [0.25, 0.3) is 0 Å². The second-order valence-electron chi connectivity index (χ2n) is 7.26. The van der Waals surface area contributed by atoms with Crippen LogP contribution in [0.5, 0.6) is 0 Å². The maximum atomic E-state index is 11.3. The van der Waals surface area contributed by atoms with Crippen LogP contribution in [0.4, 0.5) is 0 Å². The van der Waals surface area contributed by atoms with E-state index in [1.54, 1.807) is 7.05 Å². The molecule has 7 nitrogen and oxygen atoms in total. The maximum Gasteiger partial charge on any atom is 0.191 e. The third-order valence-corrected chi connectivity index (χ3v) is 5.61. The highest BCUT2D eigenvalue weighted by molar-refractivity contribution is 7.90. The second kappa shape index (κ2) is 11.0. The molecule has 0 aliphatic carbocycles. The van der Waals surface area contributed by atoms with E-state index in [2.05, 4.69) is 39.3 Å². The summed E-state index contributed by atoms with van der Waals surface area (Å²) >= 11 is 0. The van der Waals surface area contributed by atoms with Gasteiger partial charge >= 0.3 is 0 Å². The predicted molar refractivity (Wildman–Crippen MR) is 106 cm³/mol. The van der Waals surface area contributed by atoms with Gasteiger partial charge in [0.1, 0.15) is 9.84 Å². The van der Waals surface area contributed by atoms with Crippen LogP contribution >= 0.6 is 0 Å². The molecule has 0 bridgehead atoms. The summed E-state index contributed by atoms with van der Waals surface area (Å²) in [4.78, 5) is 9.26. The Morgan fingerprint density at radius 2 is 1.76 bits per heavy atom. The summed E-state index contributed by atoms with van der Waals surface area (Å²) in [5.74, 6) is 1.46. The Hall–Kier alpha value is -0.860. The molecule has 1 heterocycles. The van der Waals surface area contributed by atoms with Crippen LogP contribution in [0.2, 0.25) is 0 Å². The standard InChI is InChI=1S/C17H37N5O2S/c1-6-21-8-10-22(11-9-21)14-15(2)13-19-17(18-4)20-16(3)7-12-25(5,23)24/h15-16H,6-14H2,1-5H3,(H2,18,19,20). The van der Waals surface area contributed by atoms with Gasteiger partial charge in [0.15, 0.2) is 5.96 Å². The van der Waals surface area contributed by atoms with Crippen molar-refractivity contribution in [3.8, 4) is 0 Å². The lowest BCUT2D eigenvalue weighted by Crippen LogP contribution is -2.49. The molecule has 2 N–H and O–H groups in total. The van der Waals surface area contributed by atoms with Gasteiger partial charge in [-0.25, -0.2) is 8.42 Å². The molecule has 1 saturated heterocycles. The summed E-state index contributed by atoms with van der Waals surface area (Å²) in [6, 6.07) is 0.0679. The van der Waals surface area contributed by atoms with Crippen LogP contribution in [-0.4, -0.2) is 95.1 Å². The first kappa shape index (κ1) is 22.2. The lowest BCUT2D eigenvalue weighted by molar-refractivity contribution is 0.124. The molecular formula is C17H37N5O2S. The molecule has 2 unspecified atom stereocenters. The summed E-state index contributed by atoms with van der Waals surface area (Å²) in [5, 5.41) is 6.62. The highest BCUT2D eigenvalue weighted by atomic mass is 32.2. The summed E-state index contributed by atoms with van der Waals surface area (Å²) in [6.45, 7) is 14.2. The van der Waals surface area contributed by atoms with Gasteiger partial charge in [-0.3, -0.25) is 4.99 Å². The minimum Gasteiger partial charge on any atom is -0.356 e. The Labute approximate surface area is 154 Å². The lowest BCUT2D eigenvalue weighted by Gasteiger charge is -2.35. The fraction of sp³-hybridized carbons (Fsp3) is 0.941. The van der Waals surface area contributed by atoms with Gasteiger partial charge in [0.25, 0.3) is 0 Å². The van der Waals surface area contributed by atoms with Crippen LogP contribution in [0.1, 0.15) is 27.2 Å². The number of guanidine groups is 1. The summed E-state index contributed by atoms with van der Waals surface area (Å²) in [7, 11) is -1.18. The number of hydrogen-bond donors (Lipinski definition) is 2. The van der Waals surface area contributed by atoms with E-state index in [4.69, 9.17) is 0 Å². The quantitative estimate of drug-likeness (QED) is 0.444. The number of nitrogens with zero attached hydrogens (tertiary/aromatic N) is 3. The molecule has 148 valence electrons. The van der Waals surface area contributed by atoms with Crippen molar-refractivity contribution < 1.29 is 8.42 Å². The zero-order valence-corrected chi connectivity index (χ0v) is 17.4. The number of rotatable bonds is 9. The third kappa shape index (κ3) is 10.0. The Balaban J connectivity index is 2.27. The first-order chi connectivity index (χ1) is 11.7. The zero-order valence-electron chi connectivity index (χ0n) is 16.6. The van der Waals surface area contributed by atoms with Gasteiger partial charge in [-0.2, -0.15) is 0 Å². The van der Waals surface area contributed by atoms with Crippen molar-refractivity contribution in [1.82, 2.24) is 20.4 Å². The fourth-order valence-electron chi connectivity index (χ4n) is 2.96. The molecule has 1 fully saturated rings. The normalized spacial score (nSPS) is 20.3. The number of sulfone groups is 1. The van der Waals surface area contributed by atoms with Gasteiger partial charge in [0, 0.05) is 58.6 Å². The van der Waals surface area contributed by atoms with E-state index in [1.807, 2.05) is 6.92 Å². The molecule has 1 aliphatic rings. The molecule has 1 rings (SSSR count). The predicted octanol–water partition coefficient (Wildman–Crippen LogP) is 0.248. The maximum absolute atomic E-state index is 11.3. The average Bonchev–Trinajstić information content (AvgIpc) is 2.56. The van der Waals surface area contributed by atoms with Crippen molar-refractivity contribution in [2.24, 2.45) is 10.9 Å². The first-order valence-corrected chi connectivity index (χ1v) is 11.4. The van der Waals surface area contributed by atoms with Gasteiger partial charge in [0.05, 0.1) is 5.75 Å². The molecule has 0 aromatic carbocycles. The molecule has 0 amide bonds. The summed E-state index contributed by atoms with van der Waals surface area (Å²) < 4.78 is 22.5. The Bertz CT molecular complexity index is 501. The molecule has 1 aliphatic heterocycles. The molecular weight excluding hydrogens is 338 g/mol. The Morgan fingerprint density at radius 1 is 1.16 bits per heavy atom. The monoisotopic (exact) mass is 375 g/mol. The molecule has 0 radical (unpaired) electrons. The van der Waals surface area contributed by atoms with Gasteiger partial charge in [-0.05, 0) is 25.8 Å². The van der Waals surface area contributed by atoms with E-state index in [9.17, 15) is 8.42 Å². The van der Waals surface area contributed by atoms with Gasteiger partial charge < -0.3 is 20.4 Å². The van der Waals surface area contributed by atoms with Crippen LogP contribution in [0, 0.1) is 5.92 Å². The van der Waals surface area contributed by atoms with E-state index in [0.717, 1.165) is 51.8 Å². The van der Waals surface area contributed by atoms with Crippen molar-refractivity contribution >= 4 is 15.8 Å². The van der Waals surface area contributed by atoms with E-state index in [-0.39, 0.29) is 11.8 Å². The topological polar surface area (TPSA) is 77.0 Å². The molecule has 0 aromatic heterocycles. The molecule has 2 atom stereocenters. The van der Waals surface area contributed by atoms with E-state index >= 15 is 0 Å². The van der Waals surface area contributed by atoms with E-state index < -0.39 is 9.84 Å². The lowest BCUT2D eigenvalue weighted by atomic mass is 10.1.